The minimum absolute atomic E-state index is 0.578. The maximum atomic E-state index is 4.49. The molecule has 0 amide bonds. The summed E-state index contributed by atoms with van der Waals surface area (Å²) in [6, 6.07) is 0.578. The van der Waals surface area contributed by atoms with E-state index < -0.39 is 0 Å². The van der Waals surface area contributed by atoms with Gasteiger partial charge in [-0.05, 0) is 38.6 Å². The topological polar surface area (TPSA) is 42.7 Å². The second kappa shape index (κ2) is 5.00. The predicted molar refractivity (Wildman–Crippen MR) is 71.7 cm³/mol. The Morgan fingerprint density at radius 3 is 2.56 bits per heavy atom. The lowest BCUT2D eigenvalue weighted by Gasteiger charge is -2.27. The van der Waals surface area contributed by atoms with Gasteiger partial charge in [0.05, 0.1) is 6.04 Å². The van der Waals surface area contributed by atoms with E-state index in [9.17, 15) is 0 Å². The van der Waals surface area contributed by atoms with Crippen LogP contribution in [0.2, 0.25) is 0 Å². The normalized spacial score (nSPS) is 32.9. The minimum Gasteiger partial charge on any atom is -0.315 e. The van der Waals surface area contributed by atoms with Gasteiger partial charge in [-0.3, -0.25) is 0 Å². The van der Waals surface area contributed by atoms with Crippen molar-refractivity contribution in [3.05, 3.63) is 11.6 Å². The van der Waals surface area contributed by atoms with E-state index in [1.165, 1.54) is 37.9 Å². The first-order valence-corrected chi connectivity index (χ1v) is 7.38. The predicted octanol–water partition coefficient (Wildman–Crippen LogP) is 2.41. The minimum atomic E-state index is 0.578. The van der Waals surface area contributed by atoms with Gasteiger partial charge >= 0.3 is 0 Å². The average Bonchev–Trinajstić information content (AvgIpc) is 2.99. The number of nitrogens with one attached hydrogen (secondary N) is 1. The van der Waals surface area contributed by atoms with Crippen molar-refractivity contribution in [2.45, 2.75) is 57.9 Å². The zero-order valence-electron chi connectivity index (χ0n) is 11.5. The first-order chi connectivity index (χ1) is 8.75. The van der Waals surface area contributed by atoms with Gasteiger partial charge in [0.25, 0.3) is 0 Å². The first kappa shape index (κ1) is 12.2. The van der Waals surface area contributed by atoms with Gasteiger partial charge in [-0.25, -0.2) is 0 Å². The van der Waals surface area contributed by atoms with Crippen molar-refractivity contribution in [1.82, 2.24) is 20.1 Å². The second-order valence-electron chi connectivity index (χ2n) is 6.08. The molecule has 2 heterocycles. The van der Waals surface area contributed by atoms with Crippen LogP contribution in [0.15, 0.2) is 0 Å². The maximum absolute atomic E-state index is 4.49. The summed E-state index contributed by atoms with van der Waals surface area (Å²) in [5.74, 6) is 3.89. The van der Waals surface area contributed by atoms with Gasteiger partial charge in [-0.2, -0.15) is 0 Å². The molecule has 1 saturated carbocycles. The molecule has 1 aromatic heterocycles. The molecule has 1 N–H and O–H groups in total. The van der Waals surface area contributed by atoms with Crippen molar-refractivity contribution < 1.29 is 0 Å². The number of aromatic nitrogens is 3. The molecular formula is C14H24N4. The Hall–Kier alpha value is -0.900. The van der Waals surface area contributed by atoms with Gasteiger partial charge in [0.15, 0.2) is 0 Å². The van der Waals surface area contributed by atoms with E-state index in [-0.39, 0.29) is 0 Å². The van der Waals surface area contributed by atoms with Gasteiger partial charge < -0.3 is 9.88 Å². The molecule has 0 spiro atoms. The van der Waals surface area contributed by atoms with Crippen LogP contribution in [0.1, 0.15) is 62.6 Å². The summed E-state index contributed by atoms with van der Waals surface area (Å²) in [6.07, 6.45) is 6.49. The molecule has 3 rings (SSSR count). The molecule has 1 unspecified atom stereocenters. The van der Waals surface area contributed by atoms with Gasteiger partial charge in [-0.15, -0.1) is 10.2 Å². The van der Waals surface area contributed by atoms with Crippen molar-refractivity contribution in [2.75, 3.05) is 13.1 Å². The fraction of sp³-hybridized carbons (Fsp3) is 0.857. The van der Waals surface area contributed by atoms with Gasteiger partial charge in [0.1, 0.15) is 11.6 Å². The summed E-state index contributed by atoms with van der Waals surface area (Å²) in [5, 5.41) is 12.3. The standard InChI is InChI=1S/C14H24N4/c1-10-3-5-12(6-4-10)14-17-16-11(2)18(14)13-7-8-15-9-13/h10,12-13,15H,3-9H2,1-2H3. The van der Waals surface area contributed by atoms with Crippen LogP contribution in [-0.2, 0) is 0 Å². The zero-order valence-corrected chi connectivity index (χ0v) is 11.5. The van der Waals surface area contributed by atoms with Crippen molar-refractivity contribution >= 4 is 0 Å². The highest BCUT2D eigenvalue weighted by atomic mass is 15.3. The molecule has 1 aromatic rings. The number of nitrogens with zero attached hydrogens (tertiary/aromatic N) is 3. The van der Waals surface area contributed by atoms with E-state index >= 15 is 0 Å². The summed E-state index contributed by atoms with van der Waals surface area (Å²) in [6.45, 7) is 6.67. The van der Waals surface area contributed by atoms with Crippen LogP contribution < -0.4 is 5.32 Å². The van der Waals surface area contributed by atoms with E-state index in [1.54, 1.807) is 0 Å². The first-order valence-electron chi connectivity index (χ1n) is 7.38. The third-order valence-electron chi connectivity index (χ3n) is 4.67. The van der Waals surface area contributed by atoms with Crippen LogP contribution in [0.3, 0.4) is 0 Å². The highest BCUT2D eigenvalue weighted by Gasteiger charge is 2.28. The molecule has 0 radical (unpaired) electrons. The Bertz CT molecular complexity index is 398. The van der Waals surface area contributed by atoms with Gasteiger partial charge in [-0.1, -0.05) is 19.8 Å². The Kier molecular flexibility index (Phi) is 3.37. The molecule has 18 heavy (non-hydrogen) atoms. The SMILES string of the molecule is Cc1nnc(C2CCC(C)CC2)n1C1CCNC1. The Morgan fingerprint density at radius 2 is 1.89 bits per heavy atom. The molecule has 1 aliphatic heterocycles. The fourth-order valence-electron chi connectivity index (χ4n) is 3.49. The zero-order chi connectivity index (χ0) is 12.5. The Balaban J connectivity index is 1.83. The van der Waals surface area contributed by atoms with Crippen molar-refractivity contribution in [1.29, 1.82) is 0 Å². The third-order valence-corrected chi connectivity index (χ3v) is 4.67. The molecule has 0 bridgehead atoms. The molecule has 2 aliphatic rings. The molecule has 1 saturated heterocycles. The van der Waals surface area contributed by atoms with Crippen LogP contribution in [0.5, 0.6) is 0 Å². The Labute approximate surface area is 109 Å². The van der Waals surface area contributed by atoms with E-state index in [4.69, 9.17) is 0 Å². The quantitative estimate of drug-likeness (QED) is 0.874. The van der Waals surface area contributed by atoms with Crippen LogP contribution in [0.4, 0.5) is 0 Å². The average molecular weight is 248 g/mol. The van der Waals surface area contributed by atoms with Gasteiger partial charge in [0, 0.05) is 12.5 Å². The number of hydrogen-bond acceptors (Lipinski definition) is 3. The highest BCUT2D eigenvalue weighted by molar-refractivity contribution is 5.06. The van der Waals surface area contributed by atoms with Crippen molar-refractivity contribution in [2.24, 2.45) is 5.92 Å². The van der Waals surface area contributed by atoms with E-state index in [1.807, 2.05) is 0 Å². The lowest BCUT2D eigenvalue weighted by Crippen LogP contribution is -2.21. The van der Waals surface area contributed by atoms with E-state index in [0.717, 1.165) is 24.8 Å². The van der Waals surface area contributed by atoms with Crippen LogP contribution in [-0.4, -0.2) is 27.9 Å². The van der Waals surface area contributed by atoms with Gasteiger partial charge in [0.2, 0.25) is 0 Å². The molecule has 2 fully saturated rings. The summed E-state index contributed by atoms with van der Waals surface area (Å²) in [5.41, 5.74) is 0. The lowest BCUT2D eigenvalue weighted by atomic mass is 9.82. The molecule has 100 valence electrons. The largest absolute Gasteiger partial charge is 0.315 e. The molecule has 1 aliphatic carbocycles. The van der Waals surface area contributed by atoms with Crippen LogP contribution in [0, 0.1) is 12.8 Å². The highest BCUT2D eigenvalue weighted by Crippen LogP contribution is 2.36. The lowest BCUT2D eigenvalue weighted by molar-refractivity contribution is 0.328. The molecular weight excluding hydrogens is 224 g/mol. The van der Waals surface area contributed by atoms with Crippen LogP contribution in [0.25, 0.3) is 0 Å². The molecule has 0 aromatic carbocycles. The van der Waals surface area contributed by atoms with E-state index in [2.05, 4.69) is 33.9 Å². The van der Waals surface area contributed by atoms with Crippen molar-refractivity contribution in [3.8, 4) is 0 Å². The summed E-state index contributed by atoms with van der Waals surface area (Å²) in [7, 11) is 0. The molecule has 4 heteroatoms. The summed E-state index contributed by atoms with van der Waals surface area (Å²) in [4.78, 5) is 0. The monoisotopic (exact) mass is 248 g/mol. The number of hydrogen-bond donors (Lipinski definition) is 1. The number of aryl methyl sites for hydroxylation is 1. The van der Waals surface area contributed by atoms with Crippen LogP contribution >= 0.6 is 0 Å². The summed E-state index contributed by atoms with van der Waals surface area (Å²) >= 11 is 0. The molecule has 1 atom stereocenters. The second-order valence-corrected chi connectivity index (χ2v) is 6.08. The van der Waals surface area contributed by atoms with E-state index in [0.29, 0.717) is 12.0 Å². The fourth-order valence-corrected chi connectivity index (χ4v) is 3.49. The third kappa shape index (κ3) is 2.18. The van der Waals surface area contributed by atoms with Crippen molar-refractivity contribution in [3.63, 3.8) is 0 Å². The Morgan fingerprint density at radius 1 is 1.11 bits per heavy atom. The smallest absolute Gasteiger partial charge is 0.136 e. The number of rotatable bonds is 2. The maximum Gasteiger partial charge on any atom is 0.136 e. The summed E-state index contributed by atoms with van der Waals surface area (Å²) < 4.78 is 2.42. The molecule has 4 nitrogen and oxygen atoms in total.